The summed E-state index contributed by atoms with van der Waals surface area (Å²) in [5, 5.41) is 6.60. The van der Waals surface area contributed by atoms with Gasteiger partial charge in [0.2, 0.25) is 11.8 Å². The van der Waals surface area contributed by atoms with Gasteiger partial charge in [-0.2, -0.15) is 0 Å². The summed E-state index contributed by atoms with van der Waals surface area (Å²) in [7, 11) is 0. The Bertz CT molecular complexity index is 1060. The molecule has 2 aromatic carbocycles. The van der Waals surface area contributed by atoms with Crippen molar-refractivity contribution in [2.45, 2.75) is 45.3 Å². The highest BCUT2D eigenvalue weighted by atomic mass is 32.2. The molecule has 0 aliphatic heterocycles. The smallest absolute Gasteiger partial charge is 0.230 e. The van der Waals surface area contributed by atoms with Crippen LogP contribution in [0, 0.1) is 13.8 Å². The lowest BCUT2D eigenvalue weighted by Crippen LogP contribution is -2.24. The minimum absolute atomic E-state index is 0.000524. The number of thioether (sulfide) groups is 1. The van der Waals surface area contributed by atoms with Gasteiger partial charge in [0.05, 0.1) is 11.4 Å². The Morgan fingerprint density at radius 1 is 1.10 bits per heavy atom. The number of nitrogens with one attached hydrogen (secondary N) is 2. The molecule has 3 rings (SSSR count). The largest absolute Gasteiger partial charge is 0.351 e. The zero-order chi connectivity index (χ0) is 22.2. The van der Waals surface area contributed by atoms with E-state index in [0.717, 1.165) is 34.1 Å². The topological polar surface area (TPSA) is 76.0 Å². The molecule has 2 amide bonds. The third-order valence-electron chi connectivity index (χ3n) is 4.74. The van der Waals surface area contributed by atoms with Gasteiger partial charge in [-0.3, -0.25) is 14.2 Å². The first-order valence-corrected chi connectivity index (χ1v) is 11.3. The zero-order valence-corrected chi connectivity index (χ0v) is 19.0. The number of anilines is 1. The lowest BCUT2D eigenvalue weighted by atomic mass is 10.1. The van der Waals surface area contributed by atoms with E-state index in [2.05, 4.69) is 47.7 Å². The predicted molar refractivity (Wildman–Crippen MR) is 126 cm³/mol. The number of benzene rings is 2. The molecule has 7 heteroatoms. The monoisotopic (exact) mass is 436 g/mol. The molecular weight excluding hydrogens is 408 g/mol. The second-order valence-corrected chi connectivity index (χ2v) is 8.38. The van der Waals surface area contributed by atoms with Crippen molar-refractivity contribution in [3.8, 4) is 5.69 Å². The lowest BCUT2D eigenvalue weighted by molar-refractivity contribution is -0.119. The van der Waals surface area contributed by atoms with Crippen LogP contribution in [-0.2, 0) is 16.1 Å². The summed E-state index contributed by atoms with van der Waals surface area (Å²) in [6, 6.07) is 13.8. The highest BCUT2D eigenvalue weighted by molar-refractivity contribution is 7.99. The summed E-state index contributed by atoms with van der Waals surface area (Å²) in [4.78, 5) is 28.6. The van der Waals surface area contributed by atoms with E-state index in [9.17, 15) is 9.59 Å². The van der Waals surface area contributed by atoms with Gasteiger partial charge in [-0.1, -0.05) is 43.0 Å². The normalized spacial score (nSPS) is 10.7. The summed E-state index contributed by atoms with van der Waals surface area (Å²) in [6.07, 6.45) is 4.97. The first kappa shape index (κ1) is 22.6. The summed E-state index contributed by atoms with van der Waals surface area (Å²) < 4.78 is 2.02. The number of amides is 2. The Morgan fingerprint density at radius 3 is 2.74 bits per heavy atom. The molecule has 3 aromatic rings. The fourth-order valence-electron chi connectivity index (χ4n) is 3.15. The van der Waals surface area contributed by atoms with E-state index in [0.29, 0.717) is 13.0 Å². The minimum atomic E-state index is -0.0686. The van der Waals surface area contributed by atoms with Crippen LogP contribution in [0.25, 0.3) is 5.69 Å². The lowest BCUT2D eigenvalue weighted by Gasteiger charge is -2.12. The Hall–Kier alpha value is -3.06. The van der Waals surface area contributed by atoms with E-state index in [1.54, 1.807) is 6.20 Å². The first-order chi connectivity index (χ1) is 15.0. The van der Waals surface area contributed by atoms with Crippen LogP contribution < -0.4 is 10.6 Å². The van der Waals surface area contributed by atoms with Crippen molar-refractivity contribution in [2.75, 3.05) is 11.1 Å². The van der Waals surface area contributed by atoms with Crippen molar-refractivity contribution < 1.29 is 9.59 Å². The molecule has 0 aliphatic rings. The highest BCUT2D eigenvalue weighted by Gasteiger charge is 2.11. The Labute approximate surface area is 187 Å². The fraction of sp³-hybridized carbons (Fsp3) is 0.292. The van der Waals surface area contributed by atoms with Gasteiger partial charge in [0.1, 0.15) is 0 Å². The van der Waals surface area contributed by atoms with Crippen molar-refractivity contribution in [1.82, 2.24) is 14.9 Å². The van der Waals surface area contributed by atoms with Gasteiger partial charge in [-0.25, -0.2) is 4.98 Å². The van der Waals surface area contributed by atoms with Crippen molar-refractivity contribution >= 4 is 29.3 Å². The number of rotatable bonds is 9. The van der Waals surface area contributed by atoms with Gasteiger partial charge < -0.3 is 10.6 Å². The average Bonchev–Trinajstić information content (AvgIpc) is 3.21. The molecule has 0 fully saturated rings. The average molecular weight is 437 g/mol. The second kappa shape index (κ2) is 10.8. The fourth-order valence-corrected chi connectivity index (χ4v) is 3.95. The number of carbonyl (C=O) groups excluding carboxylic acids is 2. The summed E-state index contributed by atoms with van der Waals surface area (Å²) in [5.41, 5.74) is 5.08. The number of hydrogen-bond donors (Lipinski definition) is 2. The molecule has 0 saturated carbocycles. The number of aromatic nitrogens is 2. The Morgan fingerprint density at radius 2 is 1.94 bits per heavy atom. The third-order valence-corrected chi connectivity index (χ3v) is 5.71. The molecule has 0 radical (unpaired) electrons. The maximum Gasteiger partial charge on any atom is 0.230 e. The molecule has 162 valence electrons. The number of hydrogen-bond acceptors (Lipinski definition) is 4. The number of nitrogens with zero attached hydrogens (tertiary/aromatic N) is 2. The maximum atomic E-state index is 12.4. The molecule has 2 N–H and O–H groups in total. The quantitative estimate of drug-likeness (QED) is 0.479. The van der Waals surface area contributed by atoms with Crippen molar-refractivity contribution in [3.63, 3.8) is 0 Å². The van der Waals surface area contributed by atoms with Gasteiger partial charge in [0.15, 0.2) is 5.16 Å². The third kappa shape index (κ3) is 6.46. The van der Waals surface area contributed by atoms with E-state index < -0.39 is 0 Å². The van der Waals surface area contributed by atoms with E-state index in [1.165, 1.54) is 17.3 Å². The number of imidazole rings is 1. The van der Waals surface area contributed by atoms with Crippen molar-refractivity contribution in [1.29, 1.82) is 0 Å². The molecule has 0 atom stereocenters. The van der Waals surface area contributed by atoms with E-state index >= 15 is 0 Å². The molecular formula is C24H28N4O2S. The Balaban J connectivity index is 1.55. The maximum absolute atomic E-state index is 12.4. The summed E-state index contributed by atoms with van der Waals surface area (Å²) >= 11 is 1.41. The standard InChI is InChI=1S/C24H28N4O2S/c1-4-6-22(29)27-20-8-5-7-19(14-20)15-26-23(30)16-31-24-25-11-12-28(24)21-13-17(2)9-10-18(21)3/h5,7-14H,4,6,15-16H2,1-3H3,(H,26,30)(H,27,29). The Kier molecular flexibility index (Phi) is 7.89. The molecule has 6 nitrogen and oxygen atoms in total. The number of carbonyl (C=O) groups is 2. The van der Waals surface area contributed by atoms with Crippen LogP contribution in [0.15, 0.2) is 60.0 Å². The van der Waals surface area contributed by atoms with Crippen LogP contribution in [0.1, 0.15) is 36.5 Å². The molecule has 0 unspecified atom stereocenters. The van der Waals surface area contributed by atoms with Crippen LogP contribution in [0.2, 0.25) is 0 Å². The predicted octanol–water partition coefficient (Wildman–Crippen LogP) is 4.64. The van der Waals surface area contributed by atoms with Crippen LogP contribution in [0.4, 0.5) is 5.69 Å². The van der Waals surface area contributed by atoms with E-state index in [-0.39, 0.29) is 17.6 Å². The van der Waals surface area contributed by atoms with E-state index in [1.807, 2.05) is 42.0 Å². The van der Waals surface area contributed by atoms with Gasteiger partial charge in [-0.15, -0.1) is 0 Å². The van der Waals surface area contributed by atoms with Gasteiger partial charge in [-0.05, 0) is 55.2 Å². The van der Waals surface area contributed by atoms with Crippen LogP contribution in [0.3, 0.4) is 0 Å². The summed E-state index contributed by atoms with van der Waals surface area (Å²) in [6.45, 7) is 6.50. The molecule has 0 saturated heterocycles. The van der Waals surface area contributed by atoms with Crippen LogP contribution in [-0.4, -0.2) is 27.1 Å². The summed E-state index contributed by atoms with van der Waals surface area (Å²) in [5.74, 6) is 0.204. The highest BCUT2D eigenvalue weighted by Crippen LogP contribution is 2.23. The van der Waals surface area contributed by atoms with Crippen LogP contribution in [0.5, 0.6) is 0 Å². The van der Waals surface area contributed by atoms with E-state index in [4.69, 9.17) is 0 Å². The first-order valence-electron chi connectivity index (χ1n) is 10.4. The van der Waals surface area contributed by atoms with Gasteiger partial charge in [0, 0.05) is 31.0 Å². The molecule has 0 aliphatic carbocycles. The molecule has 1 aromatic heterocycles. The minimum Gasteiger partial charge on any atom is -0.351 e. The van der Waals surface area contributed by atoms with Gasteiger partial charge >= 0.3 is 0 Å². The zero-order valence-electron chi connectivity index (χ0n) is 18.1. The van der Waals surface area contributed by atoms with Crippen LogP contribution >= 0.6 is 11.8 Å². The van der Waals surface area contributed by atoms with Crippen molar-refractivity contribution in [3.05, 3.63) is 71.5 Å². The van der Waals surface area contributed by atoms with Gasteiger partial charge in [0.25, 0.3) is 0 Å². The molecule has 0 spiro atoms. The number of aryl methyl sites for hydroxylation is 2. The molecule has 31 heavy (non-hydrogen) atoms. The SMILES string of the molecule is CCCC(=O)Nc1cccc(CNC(=O)CSc2nccn2-c2cc(C)ccc2C)c1. The molecule has 1 heterocycles. The van der Waals surface area contributed by atoms with Crippen molar-refractivity contribution in [2.24, 2.45) is 0 Å². The molecule has 0 bridgehead atoms. The second-order valence-electron chi connectivity index (χ2n) is 7.43.